The summed E-state index contributed by atoms with van der Waals surface area (Å²) in [7, 11) is 0. The molecule has 0 fully saturated rings. The molecule has 0 aliphatic carbocycles. The van der Waals surface area contributed by atoms with E-state index in [-0.39, 0.29) is 17.2 Å². The van der Waals surface area contributed by atoms with Gasteiger partial charge in [0.05, 0.1) is 28.9 Å². The van der Waals surface area contributed by atoms with Crippen LogP contribution < -0.4 is 10.9 Å². The first-order chi connectivity index (χ1) is 16.5. The van der Waals surface area contributed by atoms with Gasteiger partial charge in [0, 0.05) is 24.3 Å². The highest BCUT2D eigenvalue weighted by atomic mass is 32.2. The Morgan fingerprint density at radius 3 is 2.62 bits per heavy atom. The van der Waals surface area contributed by atoms with Crippen LogP contribution in [0.4, 0.5) is 0 Å². The number of rotatable bonds is 9. The van der Waals surface area contributed by atoms with Gasteiger partial charge in [-0.15, -0.1) is 6.58 Å². The standard InChI is InChI=1S/C26H27N5O2S/c1-4-14-30-25(33)21-12-8-9-13-23(21)28-26(30)34-17-24(32)27-15-22-18(2)29-31(19(22)3)16-20-10-6-5-7-11-20/h4-13H,1,14-17H2,2-3H3,(H,27,32). The molecule has 0 bridgehead atoms. The Kier molecular flexibility index (Phi) is 7.27. The van der Waals surface area contributed by atoms with Gasteiger partial charge < -0.3 is 5.32 Å². The van der Waals surface area contributed by atoms with Crippen molar-refractivity contribution in [2.45, 2.75) is 38.6 Å². The molecule has 4 rings (SSSR count). The van der Waals surface area contributed by atoms with E-state index in [0.29, 0.717) is 35.7 Å². The van der Waals surface area contributed by atoms with Gasteiger partial charge in [-0.05, 0) is 31.5 Å². The minimum Gasteiger partial charge on any atom is -0.351 e. The first-order valence-electron chi connectivity index (χ1n) is 11.0. The van der Waals surface area contributed by atoms with E-state index in [0.717, 1.165) is 17.0 Å². The van der Waals surface area contributed by atoms with Crippen molar-refractivity contribution in [2.24, 2.45) is 0 Å². The summed E-state index contributed by atoms with van der Waals surface area (Å²) in [6, 6.07) is 17.4. The lowest BCUT2D eigenvalue weighted by atomic mass is 10.2. The molecule has 8 heteroatoms. The van der Waals surface area contributed by atoms with Crippen molar-refractivity contribution in [2.75, 3.05) is 5.75 Å². The minimum absolute atomic E-state index is 0.132. The fourth-order valence-electron chi connectivity index (χ4n) is 3.82. The van der Waals surface area contributed by atoms with Crippen LogP contribution in [0.3, 0.4) is 0 Å². The number of hydrogen-bond donors (Lipinski definition) is 1. The second kappa shape index (κ2) is 10.5. The molecule has 0 radical (unpaired) electrons. The summed E-state index contributed by atoms with van der Waals surface area (Å²) in [6.07, 6.45) is 1.65. The number of carbonyl (C=O) groups excluding carboxylic acids is 1. The third-order valence-electron chi connectivity index (χ3n) is 5.64. The summed E-state index contributed by atoms with van der Waals surface area (Å²) < 4.78 is 3.52. The average molecular weight is 474 g/mol. The molecule has 0 saturated carbocycles. The van der Waals surface area contributed by atoms with Crippen LogP contribution in [-0.4, -0.2) is 31.0 Å². The number of amides is 1. The quantitative estimate of drug-likeness (QED) is 0.227. The lowest BCUT2D eigenvalue weighted by Crippen LogP contribution is -2.27. The maximum atomic E-state index is 12.9. The molecule has 0 aliphatic heterocycles. The molecule has 0 atom stereocenters. The Bertz CT molecular complexity index is 1390. The summed E-state index contributed by atoms with van der Waals surface area (Å²) in [5, 5.41) is 8.69. The van der Waals surface area contributed by atoms with Gasteiger partial charge in [-0.1, -0.05) is 60.3 Å². The Labute approximate surface area is 202 Å². The maximum absolute atomic E-state index is 12.9. The number of hydrogen-bond acceptors (Lipinski definition) is 5. The van der Waals surface area contributed by atoms with Gasteiger partial charge in [0.25, 0.3) is 5.56 Å². The van der Waals surface area contributed by atoms with E-state index in [1.807, 2.05) is 48.9 Å². The summed E-state index contributed by atoms with van der Waals surface area (Å²) in [6.45, 7) is 9.13. The van der Waals surface area contributed by atoms with Crippen LogP contribution >= 0.6 is 11.8 Å². The largest absolute Gasteiger partial charge is 0.351 e. The Hall–Kier alpha value is -3.65. The smallest absolute Gasteiger partial charge is 0.262 e. The van der Waals surface area contributed by atoms with E-state index >= 15 is 0 Å². The zero-order chi connectivity index (χ0) is 24.1. The molecule has 1 N–H and O–H groups in total. The summed E-state index contributed by atoms with van der Waals surface area (Å²) in [4.78, 5) is 30.1. The van der Waals surface area contributed by atoms with Crippen LogP contribution in [0.5, 0.6) is 0 Å². The van der Waals surface area contributed by atoms with Crippen molar-refractivity contribution >= 4 is 28.6 Å². The predicted molar refractivity (Wildman–Crippen MR) is 136 cm³/mol. The average Bonchev–Trinajstić information content (AvgIpc) is 3.11. The number of carbonyl (C=O) groups is 1. The van der Waals surface area contributed by atoms with Crippen molar-refractivity contribution in [3.05, 3.63) is 100 Å². The third-order valence-corrected chi connectivity index (χ3v) is 6.62. The van der Waals surface area contributed by atoms with Crippen LogP contribution in [0.25, 0.3) is 10.9 Å². The van der Waals surface area contributed by atoms with E-state index in [9.17, 15) is 9.59 Å². The SMILES string of the molecule is C=CCn1c(SCC(=O)NCc2c(C)nn(Cc3ccccc3)c2C)nc2ccccc2c1=O. The van der Waals surface area contributed by atoms with Gasteiger partial charge in [-0.25, -0.2) is 4.98 Å². The fraction of sp³-hybridized carbons (Fsp3) is 0.231. The van der Waals surface area contributed by atoms with Crippen LogP contribution in [0.1, 0.15) is 22.5 Å². The first-order valence-corrected chi connectivity index (χ1v) is 12.0. The van der Waals surface area contributed by atoms with Gasteiger partial charge in [-0.3, -0.25) is 18.8 Å². The second-order valence-electron chi connectivity index (χ2n) is 7.97. The first kappa shape index (κ1) is 23.5. The molecule has 2 heterocycles. The van der Waals surface area contributed by atoms with Crippen molar-refractivity contribution in [3.63, 3.8) is 0 Å². The van der Waals surface area contributed by atoms with Gasteiger partial charge >= 0.3 is 0 Å². The zero-order valence-corrected chi connectivity index (χ0v) is 20.1. The topological polar surface area (TPSA) is 81.8 Å². The van der Waals surface area contributed by atoms with E-state index < -0.39 is 0 Å². The minimum atomic E-state index is -0.134. The molecule has 34 heavy (non-hydrogen) atoms. The van der Waals surface area contributed by atoms with Crippen molar-refractivity contribution < 1.29 is 4.79 Å². The fourth-order valence-corrected chi connectivity index (χ4v) is 4.65. The molecule has 2 aromatic heterocycles. The Morgan fingerprint density at radius 1 is 1.12 bits per heavy atom. The number of benzene rings is 2. The molecule has 0 unspecified atom stereocenters. The summed E-state index contributed by atoms with van der Waals surface area (Å²) in [5.41, 5.74) is 4.61. The van der Waals surface area contributed by atoms with Crippen LogP contribution in [0.15, 0.2) is 77.2 Å². The van der Waals surface area contributed by atoms with Crippen molar-refractivity contribution in [3.8, 4) is 0 Å². The van der Waals surface area contributed by atoms with Crippen LogP contribution in [0.2, 0.25) is 0 Å². The normalized spacial score (nSPS) is 11.0. The summed E-state index contributed by atoms with van der Waals surface area (Å²) in [5.74, 6) is 0.0187. The number of fused-ring (bicyclic) bond motifs is 1. The summed E-state index contributed by atoms with van der Waals surface area (Å²) >= 11 is 1.25. The Balaban J connectivity index is 1.42. The van der Waals surface area contributed by atoms with Gasteiger partial charge in [0.2, 0.25) is 5.91 Å². The van der Waals surface area contributed by atoms with Gasteiger partial charge in [-0.2, -0.15) is 5.10 Å². The van der Waals surface area contributed by atoms with Crippen LogP contribution in [0, 0.1) is 13.8 Å². The number of aromatic nitrogens is 4. The molecular formula is C26H27N5O2S. The van der Waals surface area contributed by atoms with E-state index in [1.54, 1.807) is 22.8 Å². The molecule has 1 amide bonds. The Morgan fingerprint density at radius 2 is 1.85 bits per heavy atom. The molecule has 0 saturated heterocycles. The molecule has 7 nitrogen and oxygen atoms in total. The number of allylic oxidation sites excluding steroid dienone is 1. The second-order valence-corrected chi connectivity index (χ2v) is 8.92. The molecule has 174 valence electrons. The monoisotopic (exact) mass is 473 g/mol. The zero-order valence-electron chi connectivity index (χ0n) is 19.3. The van der Waals surface area contributed by atoms with Crippen molar-refractivity contribution in [1.29, 1.82) is 0 Å². The predicted octanol–water partition coefficient (Wildman–Crippen LogP) is 3.85. The number of nitrogens with zero attached hydrogens (tertiary/aromatic N) is 4. The molecule has 2 aromatic carbocycles. The van der Waals surface area contributed by atoms with E-state index in [2.05, 4.69) is 34.1 Å². The molecular weight excluding hydrogens is 446 g/mol. The third kappa shape index (κ3) is 5.12. The highest BCUT2D eigenvalue weighted by Gasteiger charge is 2.15. The van der Waals surface area contributed by atoms with E-state index in [4.69, 9.17) is 0 Å². The maximum Gasteiger partial charge on any atom is 0.262 e. The van der Waals surface area contributed by atoms with Gasteiger partial charge in [0.1, 0.15) is 0 Å². The number of thioether (sulfide) groups is 1. The molecule has 0 spiro atoms. The molecule has 0 aliphatic rings. The highest BCUT2D eigenvalue weighted by Crippen LogP contribution is 2.18. The van der Waals surface area contributed by atoms with Gasteiger partial charge in [0.15, 0.2) is 5.16 Å². The van der Waals surface area contributed by atoms with E-state index in [1.165, 1.54) is 17.3 Å². The number of nitrogens with one attached hydrogen (secondary N) is 1. The van der Waals surface area contributed by atoms with Crippen molar-refractivity contribution in [1.82, 2.24) is 24.6 Å². The lowest BCUT2D eigenvalue weighted by molar-refractivity contribution is -0.118. The molecule has 4 aromatic rings. The van der Waals surface area contributed by atoms with Crippen LogP contribution in [-0.2, 0) is 24.4 Å². The lowest BCUT2D eigenvalue weighted by Gasteiger charge is -2.11. The number of para-hydroxylation sites is 1. The number of aryl methyl sites for hydroxylation is 1. The highest BCUT2D eigenvalue weighted by molar-refractivity contribution is 7.99.